The minimum absolute atomic E-state index is 0.140. The smallest absolute Gasteiger partial charge is 0.361 e. The third kappa shape index (κ3) is 1.94. The SMILES string of the molecule is [O-][S@+](c1nc2n(n1)[C@H](c1ccccc1)C[C@@H]2F)C1CC1. The lowest BCUT2D eigenvalue weighted by Gasteiger charge is -2.11. The molecule has 2 aliphatic rings. The van der Waals surface area contributed by atoms with Crippen LogP contribution in [0.25, 0.3) is 0 Å². The number of nitrogens with zero attached hydrogens (tertiary/aromatic N) is 3. The molecule has 1 fully saturated rings. The van der Waals surface area contributed by atoms with Gasteiger partial charge in [-0.2, -0.15) is 4.98 Å². The van der Waals surface area contributed by atoms with E-state index in [4.69, 9.17) is 0 Å². The van der Waals surface area contributed by atoms with Gasteiger partial charge in [0, 0.05) is 30.4 Å². The molecule has 0 spiro atoms. The molecule has 1 saturated carbocycles. The molecule has 0 N–H and O–H groups in total. The Morgan fingerprint density at radius 3 is 2.70 bits per heavy atom. The van der Waals surface area contributed by atoms with Crippen molar-refractivity contribution in [3.63, 3.8) is 0 Å². The fourth-order valence-electron chi connectivity index (χ4n) is 2.63. The lowest BCUT2D eigenvalue weighted by molar-refractivity contribution is 0.326. The highest BCUT2D eigenvalue weighted by Crippen LogP contribution is 2.41. The molecule has 0 amide bonds. The molecule has 0 bridgehead atoms. The van der Waals surface area contributed by atoms with Gasteiger partial charge in [0.25, 0.3) is 0 Å². The summed E-state index contributed by atoms with van der Waals surface area (Å²) in [6.45, 7) is 0. The van der Waals surface area contributed by atoms with E-state index in [9.17, 15) is 8.94 Å². The average Bonchev–Trinajstić information content (AvgIpc) is 3.15. The molecule has 104 valence electrons. The van der Waals surface area contributed by atoms with Gasteiger partial charge in [-0.25, -0.2) is 9.07 Å². The summed E-state index contributed by atoms with van der Waals surface area (Å²) in [6.07, 6.45) is 1.14. The van der Waals surface area contributed by atoms with Gasteiger partial charge in [0.1, 0.15) is 5.25 Å². The largest absolute Gasteiger partial charge is 0.609 e. The van der Waals surface area contributed by atoms with E-state index >= 15 is 0 Å². The summed E-state index contributed by atoms with van der Waals surface area (Å²) >= 11 is -1.18. The summed E-state index contributed by atoms with van der Waals surface area (Å²) in [6, 6.07) is 9.58. The van der Waals surface area contributed by atoms with Crippen LogP contribution in [0.4, 0.5) is 4.39 Å². The minimum Gasteiger partial charge on any atom is -0.609 e. The van der Waals surface area contributed by atoms with Gasteiger partial charge in [0.15, 0.2) is 12.0 Å². The molecular formula is C14H14FN3OS. The van der Waals surface area contributed by atoms with Crippen LogP contribution in [0.5, 0.6) is 0 Å². The third-order valence-corrected chi connectivity index (χ3v) is 5.44. The van der Waals surface area contributed by atoms with Gasteiger partial charge in [0.05, 0.1) is 6.04 Å². The summed E-state index contributed by atoms with van der Waals surface area (Å²) in [7, 11) is 0. The van der Waals surface area contributed by atoms with Crippen LogP contribution in [-0.2, 0) is 11.2 Å². The maximum Gasteiger partial charge on any atom is 0.361 e. The van der Waals surface area contributed by atoms with Gasteiger partial charge in [-0.15, -0.1) is 5.10 Å². The van der Waals surface area contributed by atoms with E-state index in [2.05, 4.69) is 10.1 Å². The van der Waals surface area contributed by atoms with Gasteiger partial charge in [-0.3, -0.25) is 0 Å². The van der Waals surface area contributed by atoms with E-state index in [-0.39, 0.29) is 11.3 Å². The molecule has 2 aromatic rings. The zero-order valence-corrected chi connectivity index (χ0v) is 11.6. The zero-order chi connectivity index (χ0) is 13.7. The first kappa shape index (κ1) is 12.3. The molecule has 0 saturated heterocycles. The molecule has 0 radical (unpaired) electrons. The number of aromatic nitrogens is 3. The normalized spacial score (nSPS) is 26.5. The number of halogens is 1. The minimum atomic E-state index is -1.18. The molecule has 20 heavy (non-hydrogen) atoms. The topological polar surface area (TPSA) is 53.8 Å². The Bertz CT molecular complexity index is 629. The Hall–Kier alpha value is -1.40. The lowest BCUT2D eigenvalue weighted by Crippen LogP contribution is -2.12. The van der Waals surface area contributed by atoms with Crippen LogP contribution in [0.15, 0.2) is 35.5 Å². The van der Waals surface area contributed by atoms with Gasteiger partial charge >= 0.3 is 5.16 Å². The number of hydrogen-bond acceptors (Lipinski definition) is 3. The molecule has 4 nitrogen and oxygen atoms in total. The second kappa shape index (κ2) is 4.56. The Morgan fingerprint density at radius 2 is 2.00 bits per heavy atom. The fourth-order valence-corrected chi connectivity index (χ4v) is 3.84. The van der Waals surface area contributed by atoms with Gasteiger partial charge < -0.3 is 4.55 Å². The van der Waals surface area contributed by atoms with Crippen molar-refractivity contribution in [1.29, 1.82) is 0 Å². The summed E-state index contributed by atoms with van der Waals surface area (Å²) < 4.78 is 27.9. The van der Waals surface area contributed by atoms with Crippen LogP contribution in [0.3, 0.4) is 0 Å². The molecule has 0 unspecified atom stereocenters. The molecule has 3 atom stereocenters. The Balaban J connectivity index is 1.71. The van der Waals surface area contributed by atoms with Crippen LogP contribution >= 0.6 is 0 Å². The predicted octanol–water partition coefficient (Wildman–Crippen LogP) is 2.55. The van der Waals surface area contributed by atoms with Crippen molar-refractivity contribution in [2.75, 3.05) is 0 Å². The quantitative estimate of drug-likeness (QED) is 0.817. The molecule has 1 aliphatic heterocycles. The van der Waals surface area contributed by atoms with Crippen molar-refractivity contribution in [3.05, 3.63) is 41.7 Å². The highest BCUT2D eigenvalue weighted by Gasteiger charge is 2.42. The first-order chi connectivity index (χ1) is 9.74. The molecule has 1 aromatic carbocycles. The second-order valence-electron chi connectivity index (χ2n) is 5.32. The first-order valence-corrected chi connectivity index (χ1v) is 8.01. The van der Waals surface area contributed by atoms with Crippen molar-refractivity contribution >= 4 is 11.2 Å². The van der Waals surface area contributed by atoms with E-state index in [1.807, 2.05) is 30.3 Å². The summed E-state index contributed by atoms with van der Waals surface area (Å²) in [5.41, 5.74) is 1.02. The van der Waals surface area contributed by atoms with E-state index < -0.39 is 17.3 Å². The molecule has 4 rings (SSSR count). The van der Waals surface area contributed by atoms with Crippen LogP contribution in [-0.4, -0.2) is 24.6 Å². The predicted molar refractivity (Wildman–Crippen MR) is 72.5 cm³/mol. The molecule has 2 heterocycles. The monoisotopic (exact) mass is 291 g/mol. The third-order valence-electron chi connectivity index (χ3n) is 3.84. The van der Waals surface area contributed by atoms with Crippen LogP contribution in [0.1, 0.15) is 42.9 Å². The van der Waals surface area contributed by atoms with E-state index in [0.29, 0.717) is 17.4 Å². The number of hydrogen-bond donors (Lipinski definition) is 0. The molecule has 1 aromatic heterocycles. The number of fused-ring (bicyclic) bond motifs is 1. The lowest BCUT2D eigenvalue weighted by atomic mass is 10.0. The first-order valence-electron chi connectivity index (χ1n) is 6.80. The summed E-state index contributed by atoms with van der Waals surface area (Å²) in [5, 5.41) is 4.80. The van der Waals surface area contributed by atoms with Gasteiger partial charge in [-0.05, 0) is 5.56 Å². The molecule has 1 aliphatic carbocycles. The summed E-state index contributed by atoms with van der Waals surface area (Å²) in [4.78, 5) is 4.19. The zero-order valence-electron chi connectivity index (χ0n) is 10.8. The van der Waals surface area contributed by atoms with E-state index in [1.165, 1.54) is 0 Å². The second-order valence-corrected chi connectivity index (χ2v) is 6.95. The molecular weight excluding hydrogens is 277 g/mol. The Morgan fingerprint density at radius 1 is 1.25 bits per heavy atom. The van der Waals surface area contributed by atoms with E-state index in [0.717, 1.165) is 18.4 Å². The van der Waals surface area contributed by atoms with Crippen LogP contribution < -0.4 is 0 Å². The number of rotatable bonds is 3. The highest BCUT2D eigenvalue weighted by molar-refractivity contribution is 7.92. The van der Waals surface area contributed by atoms with Gasteiger partial charge in [-0.1, -0.05) is 30.3 Å². The van der Waals surface area contributed by atoms with Crippen molar-refractivity contribution < 1.29 is 8.94 Å². The van der Waals surface area contributed by atoms with Crippen molar-refractivity contribution in [1.82, 2.24) is 14.8 Å². The Kier molecular flexibility index (Phi) is 2.82. The average molecular weight is 291 g/mol. The number of benzene rings is 1. The number of alkyl halides is 1. The fraction of sp³-hybridized carbons (Fsp3) is 0.429. The van der Waals surface area contributed by atoms with Crippen molar-refractivity contribution in [2.45, 2.75) is 41.9 Å². The van der Waals surface area contributed by atoms with Crippen LogP contribution in [0, 0.1) is 0 Å². The Labute approximate surface area is 119 Å². The highest BCUT2D eigenvalue weighted by atomic mass is 32.2. The van der Waals surface area contributed by atoms with Crippen molar-refractivity contribution in [3.8, 4) is 0 Å². The van der Waals surface area contributed by atoms with E-state index in [1.54, 1.807) is 4.68 Å². The van der Waals surface area contributed by atoms with Crippen molar-refractivity contribution in [2.24, 2.45) is 0 Å². The molecule has 6 heteroatoms. The maximum atomic E-state index is 14.1. The van der Waals surface area contributed by atoms with Gasteiger partial charge in [0.2, 0.25) is 0 Å². The van der Waals surface area contributed by atoms with Crippen LogP contribution in [0.2, 0.25) is 0 Å². The maximum absolute atomic E-state index is 14.1. The summed E-state index contributed by atoms with van der Waals surface area (Å²) in [5.74, 6) is 0.322. The standard InChI is InChI=1S/C14H14FN3OS/c15-11-8-12(9-4-2-1-3-5-9)18-13(11)16-14(17-18)20(19)10-6-7-10/h1-5,10-12H,6-8H2/t11-,12-,20-/m0/s1.